The number of allylic oxidation sites excluding steroid dienone is 30. The van der Waals surface area contributed by atoms with Crippen molar-refractivity contribution in [1.82, 2.24) is 0 Å². The van der Waals surface area contributed by atoms with Crippen LogP contribution in [0.3, 0.4) is 0 Å². The lowest BCUT2D eigenvalue weighted by Crippen LogP contribution is -2.30. The third-order valence-electron chi connectivity index (χ3n) is 18.6. The first kappa shape index (κ1) is 110. The van der Waals surface area contributed by atoms with Gasteiger partial charge in [-0.2, -0.15) is 0 Å². The number of hydrogen-bond acceptors (Lipinski definition) is 14. The Bertz CT molecular complexity index is 2820. The van der Waals surface area contributed by atoms with Crippen molar-refractivity contribution in [3.63, 3.8) is 0 Å². The molecule has 656 valence electrons. The van der Waals surface area contributed by atoms with Crippen molar-refractivity contribution in [2.45, 2.75) is 373 Å². The van der Waals surface area contributed by atoms with Crippen LogP contribution in [0, 0.1) is 0 Å². The van der Waals surface area contributed by atoms with Crippen LogP contribution in [-0.4, -0.2) is 95.9 Å². The zero-order chi connectivity index (χ0) is 83.6. The Morgan fingerprint density at radius 2 is 0.461 bits per heavy atom. The highest BCUT2D eigenvalue weighted by Gasteiger charge is 2.29. The van der Waals surface area contributed by atoms with Gasteiger partial charge in [-0.05, 0) is 161 Å². The van der Waals surface area contributed by atoms with E-state index in [1.807, 2.05) is 0 Å². The fourth-order valence-electron chi connectivity index (χ4n) is 11.8. The molecule has 0 saturated heterocycles. The van der Waals surface area contributed by atoms with Crippen molar-refractivity contribution in [1.29, 1.82) is 0 Å². The Morgan fingerprint density at radius 1 is 0.252 bits per heavy atom. The van der Waals surface area contributed by atoms with Gasteiger partial charge in [0.2, 0.25) is 0 Å². The van der Waals surface area contributed by atoms with E-state index in [2.05, 4.69) is 203 Å². The maximum atomic E-state index is 13.0. The lowest BCUT2D eigenvalue weighted by atomic mass is 10.0. The third kappa shape index (κ3) is 89.3. The van der Waals surface area contributed by atoms with Gasteiger partial charge in [0.15, 0.2) is 6.10 Å². The maximum absolute atomic E-state index is 13.0. The van der Waals surface area contributed by atoms with E-state index < -0.39 is 91.5 Å². The average molecular weight is 1650 g/mol. The number of unbranched alkanes of at least 4 members (excludes halogenated alkanes) is 31. The van der Waals surface area contributed by atoms with Crippen LogP contribution in [0.15, 0.2) is 182 Å². The van der Waals surface area contributed by atoms with Gasteiger partial charge in [0.05, 0.1) is 26.4 Å². The molecule has 0 aromatic rings. The van der Waals surface area contributed by atoms with E-state index in [1.54, 1.807) is 0 Å². The molecule has 0 bridgehead atoms. The van der Waals surface area contributed by atoms with E-state index in [0.717, 1.165) is 205 Å². The van der Waals surface area contributed by atoms with E-state index in [4.69, 9.17) is 32.3 Å². The van der Waals surface area contributed by atoms with Crippen LogP contribution in [0.5, 0.6) is 0 Å². The Labute approximate surface area is 700 Å². The first-order valence-electron chi connectivity index (χ1n) is 45.1. The summed E-state index contributed by atoms with van der Waals surface area (Å²) in [6, 6.07) is 0. The summed E-state index contributed by atoms with van der Waals surface area (Å²) in [5.74, 6) is -1.60. The lowest BCUT2D eigenvalue weighted by Gasteiger charge is -2.21. The first-order chi connectivity index (χ1) is 56.2. The molecule has 5 atom stereocenters. The summed E-state index contributed by atoms with van der Waals surface area (Å²) < 4.78 is 61.4. The van der Waals surface area contributed by atoms with Crippen LogP contribution in [0.1, 0.15) is 355 Å². The molecule has 0 aliphatic rings. The fraction of sp³-hybridized carbons (Fsp3) is 0.660. The average Bonchev–Trinajstić information content (AvgIpc) is 0.902. The van der Waals surface area contributed by atoms with Crippen molar-refractivity contribution in [2.24, 2.45) is 0 Å². The van der Waals surface area contributed by atoms with Gasteiger partial charge in [-0.25, -0.2) is 9.13 Å². The van der Waals surface area contributed by atoms with E-state index in [1.165, 1.54) is 89.9 Å². The molecule has 0 aromatic heterocycles. The number of phosphoric acid groups is 2. The number of carbonyl (C=O) groups is 3. The lowest BCUT2D eigenvalue weighted by molar-refractivity contribution is -0.161. The quantitative estimate of drug-likeness (QED) is 0.0146. The normalized spacial score (nSPS) is 14.7. The summed E-state index contributed by atoms with van der Waals surface area (Å²) in [4.78, 5) is 58.9. The number of phosphoric ester groups is 2. The summed E-state index contributed by atoms with van der Waals surface area (Å²) in [7, 11) is -9.82. The summed E-state index contributed by atoms with van der Waals surface area (Å²) in [6.07, 6.45) is 115. The molecule has 0 saturated carbocycles. The zero-order valence-electron chi connectivity index (χ0n) is 72.1. The Balaban J connectivity index is 4.58. The number of aliphatic hydroxyl groups excluding tert-OH is 2. The van der Waals surface area contributed by atoms with Crippen molar-refractivity contribution < 1.29 is 75.8 Å². The van der Waals surface area contributed by atoms with Gasteiger partial charge in [0.1, 0.15) is 25.4 Å². The molecule has 0 amide bonds. The van der Waals surface area contributed by atoms with E-state index >= 15 is 0 Å². The van der Waals surface area contributed by atoms with Crippen LogP contribution < -0.4 is 0 Å². The smallest absolute Gasteiger partial charge is 0.463 e. The molecular formula is C97H162O16P2. The molecule has 115 heavy (non-hydrogen) atoms. The second-order valence-electron chi connectivity index (χ2n) is 29.6. The number of rotatable bonds is 84. The van der Waals surface area contributed by atoms with Crippen molar-refractivity contribution in [3.8, 4) is 0 Å². The van der Waals surface area contributed by atoms with Gasteiger partial charge < -0.3 is 34.2 Å². The highest BCUT2D eigenvalue weighted by molar-refractivity contribution is 7.47. The van der Waals surface area contributed by atoms with Crippen LogP contribution in [0.4, 0.5) is 0 Å². The summed E-state index contributed by atoms with van der Waals surface area (Å²) in [5.41, 5.74) is 0. The summed E-state index contributed by atoms with van der Waals surface area (Å²) in [5, 5.41) is 20.7. The number of aliphatic hydroxyl groups is 2. The van der Waals surface area contributed by atoms with Crippen molar-refractivity contribution in [2.75, 3.05) is 39.6 Å². The molecule has 0 fully saturated rings. The SMILES string of the molecule is CC/C=C\C/C=C\C/C=C\C/C=C\C/C=C\C/C=C\CCCCCCCCCCCCCCCCC(=O)OCC(O)COP(=O)(O)OCC(O)COP(=O)(O)OCC(COC(=O)CCCCCCCCCC/C=C\C/C=C\C/C=C\C/C=C\C/C=C\C/C=C\CC)OC(=O)CCCCCCCC/C=C\C/C=C\C/C=C\CCCCC. The maximum Gasteiger partial charge on any atom is 0.472 e. The molecule has 16 nitrogen and oxygen atoms in total. The highest BCUT2D eigenvalue weighted by Crippen LogP contribution is 2.45. The molecule has 4 N–H and O–H groups in total. The minimum absolute atomic E-state index is 0.0831. The number of carbonyl (C=O) groups excluding carboxylic acids is 3. The van der Waals surface area contributed by atoms with Crippen LogP contribution in [0.2, 0.25) is 0 Å². The van der Waals surface area contributed by atoms with Crippen LogP contribution in [-0.2, 0) is 55.8 Å². The van der Waals surface area contributed by atoms with Crippen LogP contribution >= 0.6 is 15.6 Å². The second-order valence-corrected chi connectivity index (χ2v) is 32.5. The zero-order valence-corrected chi connectivity index (χ0v) is 73.9. The largest absolute Gasteiger partial charge is 0.472 e. The summed E-state index contributed by atoms with van der Waals surface area (Å²) in [6.45, 7) is 2.43. The molecule has 0 aliphatic heterocycles. The molecule has 5 unspecified atom stereocenters. The van der Waals surface area contributed by atoms with E-state index in [-0.39, 0.29) is 19.3 Å². The Kier molecular flexibility index (Phi) is 83.9. The topological polar surface area (TPSA) is 231 Å². The number of ether oxygens (including phenoxy) is 3. The first-order valence-corrected chi connectivity index (χ1v) is 48.1. The third-order valence-corrected chi connectivity index (χ3v) is 20.5. The molecular weight excluding hydrogens is 1480 g/mol. The molecule has 0 aliphatic carbocycles. The van der Waals surface area contributed by atoms with Crippen molar-refractivity contribution >= 4 is 33.6 Å². The second kappa shape index (κ2) is 87.9. The van der Waals surface area contributed by atoms with Gasteiger partial charge in [-0.15, -0.1) is 0 Å². The van der Waals surface area contributed by atoms with Gasteiger partial charge in [0, 0.05) is 19.3 Å². The number of hydrogen-bond donors (Lipinski definition) is 4. The van der Waals surface area contributed by atoms with Gasteiger partial charge in [0.25, 0.3) is 0 Å². The molecule has 0 radical (unpaired) electrons. The Hall–Kier alpha value is -5.35. The minimum atomic E-state index is -4.95. The van der Waals surface area contributed by atoms with E-state index in [0.29, 0.717) is 19.3 Å². The summed E-state index contributed by atoms with van der Waals surface area (Å²) >= 11 is 0. The minimum Gasteiger partial charge on any atom is -0.463 e. The predicted octanol–water partition coefficient (Wildman–Crippen LogP) is 27.7. The van der Waals surface area contributed by atoms with Gasteiger partial charge in [-0.3, -0.25) is 32.5 Å². The monoisotopic (exact) mass is 1650 g/mol. The standard InChI is InChI=1S/C97H162O16P2/c1-4-7-10-13-16-19-22-25-28-31-34-36-38-40-42-43-44-45-46-47-49-51-52-54-57-59-62-65-68-71-74-77-80-83-95(100)107-86-92(98)87-109-114(103,104)110-88-93(99)89-111-115(105,106)112-91-94(113-97(102)85-82-79-76-73-70-67-64-61-56-33-30-27-24-21-18-15-12-9-6-3)90-108-96(101)84-81-78-75-72-69-66-63-60-58-55-53-50-48-41-39-37-35-32-29-26-23-20-17-14-11-8-5-2/h7-8,10-11,16-21,25-30,34-37,40-42,44-45,48,53,55-56,61,92-94,98-99H,4-6,9,12-15,22-24,31-33,38-39,43,46-47,49-52,54,57-60,62-91H2,1-3H3,(H,103,104)(H,105,106)/b10-7-,11-8-,19-16-,20-17-,21-18-,28-25-,29-26-,30-27-,36-34-,37-35-,42-40-,45-44-,48-41-,55-53-,61-56-. The Morgan fingerprint density at radius 3 is 0.730 bits per heavy atom. The van der Waals surface area contributed by atoms with E-state index in [9.17, 15) is 43.5 Å². The molecule has 0 heterocycles. The molecule has 0 aromatic carbocycles. The highest BCUT2D eigenvalue weighted by atomic mass is 31.2. The predicted molar refractivity (Wildman–Crippen MR) is 481 cm³/mol. The van der Waals surface area contributed by atoms with Gasteiger partial charge >= 0.3 is 33.6 Å². The molecule has 18 heteroatoms. The van der Waals surface area contributed by atoms with Gasteiger partial charge in [-0.1, -0.05) is 357 Å². The fourth-order valence-corrected chi connectivity index (χ4v) is 13.4. The molecule has 0 spiro atoms. The molecule has 0 rings (SSSR count). The van der Waals surface area contributed by atoms with Crippen molar-refractivity contribution in [3.05, 3.63) is 182 Å². The number of esters is 3. The van der Waals surface area contributed by atoms with Crippen LogP contribution in [0.25, 0.3) is 0 Å².